The number of hydrogen-bond acceptors (Lipinski definition) is 1. The zero-order valence-corrected chi connectivity index (χ0v) is 17.7. The zero-order valence-electron chi connectivity index (χ0n) is 17.7. The molecule has 0 N–H and O–H groups in total. The second-order valence-electron chi connectivity index (χ2n) is 8.28. The average Bonchev–Trinajstić information content (AvgIpc) is 2.79. The summed E-state index contributed by atoms with van der Waals surface area (Å²) in [5.41, 5.74) is 4.71. The molecule has 0 heterocycles. The molecule has 0 saturated carbocycles. The Balaban J connectivity index is 1.67. The van der Waals surface area contributed by atoms with Gasteiger partial charge < -0.3 is 0 Å². The monoisotopic (exact) mass is 383 g/mol. The van der Waals surface area contributed by atoms with Crippen molar-refractivity contribution in [1.82, 2.24) is 0 Å². The molecule has 0 saturated heterocycles. The highest BCUT2D eigenvalue weighted by Gasteiger charge is 2.29. The molecule has 1 nitrogen and oxygen atoms in total. The van der Waals surface area contributed by atoms with Crippen molar-refractivity contribution in [2.24, 2.45) is 0 Å². The largest absolute Gasteiger partial charge is 0.192 e. The second-order valence-corrected chi connectivity index (χ2v) is 8.28. The fraction of sp³-hybridized carbons (Fsp3) is 0.393. The lowest BCUT2D eigenvalue weighted by Crippen LogP contribution is -2.24. The van der Waals surface area contributed by atoms with Crippen LogP contribution in [0.15, 0.2) is 72.8 Å². The molecular weight excluding hydrogens is 350 g/mol. The summed E-state index contributed by atoms with van der Waals surface area (Å²) in [4.78, 5) is 0. The lowest BCUT2D eigenvalue weighted by Gasteiger charge is -2.33. The SMILES string of the molecule is CCCCCCCCCC1(c2ccccc2)C=CC(c2ccc(C#N)cc2)=CC1. The van der Waals surface area contributed by atoms with Gasteiger partial charge in [-0.3, -0.25) is 0 Å². The molecule has 1 unspecified atom stereocenters. The summed E-state index contributed by atoms with van der Waals surface area (Å²) in [6, 6.07) is 21.1. The molecule has 0 bridgehead atoms. The van der Waals surface area contributed by atoms with Crippen LogP contribution in [0, 0.1) is 11.3 Å². The Morgan fingerprint density at radius 1 is 0.862 bits per heavy atom. The minimum Gasteiger partial charge on any atom is -0.192 e. The molecule has 3 rings (SSSR count). The van der Waals surface area contributed by atoms with Crippen LogP contribution in [0.25, 0.3) is 5.57 Å². The van der Waals surface area contributed by atoms with E-state index in [0.717, 1.165) is 6.42 Å². The van der Waals surface area contributed by atoms with Crippen LogP contribution in [0.3, 0.4) is 0 Å². The van der Waals surface area contributed by atoms with Crippen molar-refractivity contribution in [2.45, 2.75) is 70.1 Å². The molecule has 1 aliphatic rings. The van der Waals surface area contributed by atoms with E-state index >= 15 is 0 Å². The molecule has 0 amide bonds. The molecule has 1 aliphatic carbocycles. The molecule has 1 heteroatoms. The fourth-order valence-corrected chi connectivity index (χ4v) is 4.34. The highest BCUT2D eigenvalue weighted by atomic mass is 14.3. The molecule has 0 fully saturated rings. The predicted molar refractivity (Wildman–Crippen MR) is 124 cm³/mol. The van der Waals surface area contributed by atoms with E-state index in [1.807, 2.05) is 12.1 Å². The van der Waals surface area contributed by atoms with Gasteiger partial charge in [0.1, 0.15) is 0 Å². The lowest BCUT2D eigenvalue weighted by atomic mass is 9.70. The Kier molecular flexibility index (Phi) is 7.88. The van der Waals surface area contributed by atoms with Gasteiger partial charge >= 0.3 is 0 Å². The molecule has 29 heavy (non-hydrogen) atoms. The first kappa shape index (κ1) is 21.1. The maximum Gasteiger partial charge on any atom is 0.0991 e. The average molecular weight is 384 g/mol. The number of allylic oxidation sites excluding steroid dienone is 4. The first-order valence-corrected chi connectivity index (χ1v) is 11.2. The summed E-state index contributed by atoms with van der Waals surface area (Å²) >= 11 is 0. The van der Waals surface area contributed by atoms with Gasteiger partial charge in [0.15, 0.2) is 0 Å². The van der Waals surface area contributed by atoms with E-state index in [1.54, 1.807) is 0 Å². The van der Waals surface area contributed by atoms with Crippen molar-refractivity contribution >= 4 is 5.57 Å². The van der Waals surface area contributed by atoms with Crippen molar-refractivity contribution in [3.05, 3.63) is 89.5 Å². The van der Waals surface area contributed by atoms with Crippen LogP contribution in [0.2, 0.25) is 0 Å². The van der Waals surface area contributed by atoms with Crippen molar-refractivity contribution in [1.29, 1.82) is 5.26 Å². The number of nitriles is 1. The van der Waals surface area contributed by atoms with Crippen LogP contribution < -0.4 is 0 Å². The highest BCUT2D eigenvalue weighted by molar-refractivity contribution is 5.76. The highest BCUT2D eigenvalue weighted by Crippen LogP contribution is 2.40. The molecule has 0 radical (unpaired) electrons. The van der Waals surface area contributed by atoms with Gasteiger partial charge in [0.2, 0.25) is 0 Å². The third-order valence-corrected chi connectivity index (χ3v) is 6.19. The van der Waals surface area contributed by atoms with Gasteiger partial charge in [-0.2, -0.15) is 5.26 Å². The van der Waals surface area contributed by atoms with Crippen molar-refractivity contribution < 1.29 is 0 Å². The van der Waals surface area contributed by atoms with Crippen LogP contribution in [0.5, 0.6) is 0 Å². The molecule has 2 aromatic carbocycles. The minimum atomic E-state index is 0.112. The summed E-state index contributed by atoms with van der Waals surface area (Å²) in [5.74, 6) is 0. The number of nitrogens with zero attached hydrogens (tertiary/aromatic N) is 1. The Morgan fingerprint density at radius 3 is 2.17 bits per heavy atom. The second kappa shape index (κ2) is 10.8. The Labute approximate surface area is 176 Å². The summed E-state index contributed by atoms with van der Waals surface area (Å²) in [6.07, 6.45) is 18.8. The van der Waals surface area contributed by atoms with Gasteiger partial charge in [-0.15, -0.1) is 0 Å². The van der Waals surface area contributed by atoms with Gasteiger partial charge in [-0.25, -0.2) is 0 Å². The van der Waals surface area contributed by atoms with Gasteiger partial charge in [0.05, 0.1) is 11.6 Å². The van der Waals surface area contributed by atoms with E-state index in [1.165, 1.54) is 68.1 Å². The maximum absolute atomic E-state index is 9.02. The number of unbranched alkanes of at least 4 members (excludes halogenated alkanes) is 6. The molecular formula is C28H33N. The van der Waals surface area contributed by atoms with E-state index in [-0.39, 0.29) is 5.41 Å². The van der Waals surface area contributed by atoms with E-state index in [0.29, 0.717) is 5.56 Å². The third-order valence-electron chi connectivity index (χ3n) is 6.19. The van der Waals surface area contributed by atoms with Crippen LogP contribution in [-0.2, 0) is 5.41 Å². The molecule has 2 aromatic rings. The van der Waals surface area contributed by atoms with E-state index in [4.69, 9.17) is 5.26 Å². The number of rotatable bonds is 10. The Morgan fingerprint density at radius 2 is 1.55 bits per heavy atom. The molecule has 0 aromatic heterocycles. The predicted octanol–water partition coefficient (Wildman–Crippen LogP) is 7.98. The van der Waals surface area contributed by atoms with E-state index in [2.05, 4.69) is 73.7 Å². The summed E-state index contributed by atoms with van der Waals surface area (Å²) in [6.45, 7) is 2.28. The fourth-order valence-electron chi connectivity index (χ4n) is 4.34. The minimum absolute atomic E-state index is 0.112. The summed E-state index contributed by atoms with van der Waals surface area (Å²) in [5, 5.41) is 9.02. The summed E-state index contributed by atoms with van der Waals surface area (Å²) in [7, 11) is 0. The van der Waals surface area contributed by atoms with Crippen LogP contribution >= 0.6 is 0 Å². The van der Waals surface area contributed by atoms with Crippen molar-refractivity contribution in [3.63, 3.8) is 0 Å². The van der Waals surface area contributed by atoms with Gasteiger partial charge in [-0.1, -0.05) is 113 Å². The van der Waals surface area contributed by atoms with Crippen LogP contribution in [0.1, 0.15) is 81.4 Å². The number of hydrogen-bond donors (Lipinski definition) is 0. The zero-order chi connectivity index (χ0) is 20.4. The standard InChI is InChI=1S/C28H33N/c1-2-3-4-5-6-7-11-20-28(27-12-9-8-10-13-27)21-18-26(19-22-28)25-16-14-24(23-29)15-17-25/h8-10,12-19,21H,2-7,11,20,22H2,1H3. The maximum atomic E-state index is 9.02. The molecule has 150 valence electrons. The first-order valence-electron chi connectivity index (χ1n) is 11.2. The summed E-state index contributed by atoms with van der Waals surface area (Å²) < 4.78 is 0. The smallest absolute Gasteiger partial charge is 0.0991 e. The topological polar surface area (TPSA) is 23.8 Å². The van der Waals surface area contributed by atoms with Crippen LogP contribution in [-0.4, -0.2) is 0 Å². The van der Waals surface area contributed by atoms with E-state index in [9.17, 15) is 0 Å². The normalized spacial score (nSPS) is 18.3. The van der Waals surface area contributed by atoms with E-state index < -0.39 is 0 Å². The molecule has 1 atom stereocenters. The van der Waals surface area contributed by atoms with Gasteiger partial charge in [-0.05, 0) is 41.7 Å². The Bertz CT molecular complexity index is 851. The number of benzene rings is 2. The lowest BCUT2D eigenvalue weighted by molar-refractivity contribution is 0.453. The molecule has 0 aliphatic heterocycles. The quantitative estimate of drug-likeness (QED) is 0.381. The van der Waals surface area contributed by atoms with Gasteiger partial charge in [0.25, 0.3) is 0 Å². The Hall–Kier alpha value is -2.59. The van der Waals surface area contributed by atoms with Crippen LogP contribution in [0.4, 0.5) is 0 Å². The third kappa shape index (κ3) is 5.70. The van der Waals surface area contributed by atoms with Crippen molar-refractivity contribution in [3.8, 4) is 6.07 Å². The van der Waals surface area contributed by atoms with Gasteiger partial charge in [0, 0.05) is 5.41 Å². The van der Waals surface area contributed by atoms with Crippen molar-refractivity contribution in [2.75, 3.05) is 0 Å². The molecule has 0 spiro atoms. The first-order chi connectivity index (χ1) is 14.3.